The summed E-state index contributed by atoms with van der Waals surface area (Å²) >= 11 is 7.16. The minimum Gasteiger partial charge on any atom is -0.489 e. The number of nitrogen functional groups attached to an aromatic ring is 1. The Balaban J connectivity index is 1.55. The lowest BCUT2D eigenvalue weighted by atomic mass is 10.1. The van der Waals surface area contributed by atoms with Gasteiger partial charge in [0.2, 0.25) is 0 Å². The van der Waals surface area contributed by atoms with Gasteiger partial charge in [0.25, 0.3) is 5.91 Å². The normalized spacial score (nSPS) is 10.8. The molecule has 0 spiro atoms. The number of thiophene rings is 1. The first kappa shape index (κ1) is 21.6. The van der Waals surface area contributed by atoms with E-state index in [1.54, 1.807) is 42.5 Å². The summed E-state index contributed by atoms with van der Waals surface area (Å²) in [6.45, 7) is 2.03. The summed E-state index contributed by atoms with van der Waals surface area (Å²) in [5.41, 5.74) is 8.75. The van der Waals surface area contributed by atoms with E-state index in [2.05, 4.69) is 10.3 Å². The number of carbonyl (C=O) groups is 2. The third-order valence-corrected chi connectivity index (χ3v) is 6.18. The third kappa shape index (κ3) is 4.37. The molecule has 4 aromatic rings. The molecule has 0 aliphatic carbocycles. The third-order valence-electron chi connectivity index (χ3n) is 4.87. The highest BCUT2D eigenvalue weighted by Crippen LogP contribution is 2.33. The number of nitrogens with two attached hydrogens (primary N) is 1. The SMILES string of the molecule is Cc1ccc(C(=O)Nc2ccc(Cl)cc2)cc1OCc1csc2c(C(=O)O)cnc(N)c12. The second kappa shape index (κ2) is 8.86. The number of halogens is 1. The van der Waals surface area contributed by atoms with Crippen LogP contribution in [0.5, 0.6) is 5.75 Å². The highest BCUT2D eigenvalue weighted by Gasteiger charge is 2.17. The summed E-state index contributed by atoms with van der Waals surface area (Å²) in [5, 5.41) is 15.2. The Kier molecular flexibility index (Phi) is 5.98. The molecule has 7 nitrogen and oxygen atoms in total. The fraction of sp³-hybridized carbons (Fsp3) is 0.0870. The van der Waals surface area contributed by atoms with E-state index in [0.29, 0.717) is 32.1 Å². The van der Waals surface area contributed by atoms with Crippen LogP contribution in [-0.4, -0.2) is 22.0 Å². The summed E-state index contributed by atoms with van der Waals surface area (Å²) in [6.07, 6.45) is 1.26. The van der Waals surface area contributed by atoms with Crippen LogP contribution in [-0.2, 0) is 6.61 Å². The Bertz CT molecular complexity index is 1340. The van der Waals surface area contributed by atoms with Crippen molar-refractivity contribution >= 4 is 56.4 Å². The minimum atomic E-state index is -1.06. The van der Waals surface area contributed by atoms with Crippen LogP contribution in [0.15, 0.2) is 54.0 Å². The lowest BCUT2D eigenvalue weighted by Crippen LogP contribution is -2.12. The molecule has 0 fully saturated rings. The van der Waals surface area contributed by atoms with Crippen LogP contribution in [0.3, 0.4) is 0 Å². The van der Waals surface area contributed by atoms with Gasteiger partial charge in [0.15, 0.2) is 0 Å². The highest BCUT2D eigenvalue weighted by atomic mass is 35.5. The molecule has 0 saturated heterocycles. The fourth-order valence-electron chi connectivity index (χ4n) is 3.18. The van der Waals surface area contributed by atoms with E-state index in [-0.39, 0.29) is 23.9 Å². The van der Waals surface area contributed by atoms with Crippen molar-refractivity contribution in [3.8, 4) is 5.75 Å². The summed E-state index contributed by atoms with van der Waals surface area (Å²) in [6, 6.07) is 12.0. The molecule has 0 radical (unpaired) electrons. The topological polar surface area (TPSA) is 115 Å². The number of fused-ring (bicyclic) bond motifs is 1. The van der Waals surface area contributed by atoms with Gasteiger partial charge in [-0.1, -0.05) is 17.7 Å². The number of anilines is 2. The molecule has 162 valence electrons. The summed E-state index contributed by atoms with van der Waals surface area (Å²) in [4.78, 5) is 28.1. The number of carboxylic acid groups (broad SMARTS) is 1. The van der Waals surface area contributed by atoms with Crippen molar-refractivity contribution in [1.82, 2.24) is 4.98 Å². The van der Waals surface area contributed by atoms with Gasteiger partial charge in [-0.15, -0.1) is 11.3 Å². The molecule has 0 saturated carbocycles. The molecule has 0 aliphatic heterocycles. The Morgan fingerprint density at radius 1 is 1.22 bits per heavy atom. The lowest BCUT2D eigenvalue weighted by Gasteiger charge is -2.12. The maximum atomic E-state index is 12.6. The van der Waals surface area contributed by atoms with E-state index < -0.39 is 5.97 Å². The molecule has 1 amide bonds. The Hall–Kier alpha value is -3.62. The number of aromatic carboxylic acids is 1. The summed E-state index contributed by atoms with van der Waals surface area (Å²) in [7, 11) is 0. The van der Waals surface area contributed by atoms with E-state index in [9.17, 15) is 14.7 Å². The van der Waals surface area contributed by atoms with E-state index >= 15 is 0 Å². The van der Waals surface area contributed by atoms with Crippen molar-refractivity contribution < 1.29 is 19.4 Å². The monoisotopic (exact) mass is 467 g/mol. The first-order chi connectivity index (χ1) is 15.3. The molecule has 32 heavy (non-hydrogen) atoms. The number of carboxylic acids is 1. The average Bonchev–Trinajstić information content (AvgIpc) is 3.19. The van der Waals surface area contributed by atoms with Crippen molar-refractivity contribution in [1.29, 1.82) is 0 Å². The number of hydrogen-bond donors (Lipinski definition) is 3. The average molecular weight is 468 g/mol. The standard InChI is InChI=1S/C23H18ClN3O4S/c1-12-2-3-13(22(28)27-16-6-4-15(24)5-7-16)8-18(12)31-10-14-11-32-20-17(23(29)30)9-26-21(25)19(14)20/h2-9,11H,10H2,1H3,(H2,25,26)(H,27,28)(H,29,30). The van der Waals surface area contributed by atoms with Crippen molar-refractivity contribution in [3.05, 3.63) is 81.3 Å². The predicted octanol–water partition coefficient (Wildman–Crippen LogP) is 5.37. The number of hydrogen-bond acceptors (Lipinski definition) is 6. The maximum absolute atomic E-state index is 12.6. The van der Waals surface area contributed by atoms with Crippen molar-refractivity contribution in [2.24, 2.45) is 0 Å². The summed E-state index contributed by atoms with van der Waals surface area (Å²) < 4.78 is 6.53. The zero-order chi connectivity index (χ0) is 22.8. The Morgan fingerprint density at radius 2 is 1.97 bits per heavy atom. The Morgan fingerprint density at radius 3 is 2.69 bits per heavy atom. The van der Waals surface area contributed by atoms with E-state index in [4.69, 9.17) is 22.1 Å². The predicted molar refractivity (Wildman–Crippen MR) is 126 cm³/mol. The first-order valence-corrected chi connectivity index (χ1v) is 10.8. The van der Waals surface area contributed by atoms with Gasteiger partial charge in [-0.2, -0.15) is 0 Å². The fourth-order valence-corrected chi connectivity index (χ4v) is 4.37. The number of ether oxygens (including phenoxy) is 1. The highest BCUT2D eigenvalue weighted by molar-refractivity contribution is 7.17. The second-order valence-electron chi connectivity index (χ2n) is 7.06. The van der Waals surface area contributed by atoms with Gasteiger partial charge in [0.05, 0.1) is 10.3 Å². The van der Waals surface area contributed by atoms with Crippen molar-refractivity contribution in [3.63, 3.8) is 0 Å². The zero-order valence-electron chi connectivity index (χ0n) is 16.9. The number of benzene rings is 2. The molecular weight excluding hydrogens is 450 g/mol. The van der Waals surface area contributed by atoms with Gasteiger partial charge in [0.1, 0.15) is 18.2 Å². The molecule has 2 aromatic heterocycles. The zero-order valence-corrected chi connectivity index (χ0v) is 18.5. The quantitative estimate of drug-likeness (QED) is 0.351. The molecule has 0 aliphatic rings. The number of aromatic nitrogens is 1. The molecule has 4 rings (SSSR count). The van der Waals surface area contributed by atoms with Crippen LogP contribution in [0, 0.1) is 6.92 Å². The molecule has 4 N–H and O–H groups in total. The van der Waals surface area contributed by atoms with Crippen LogP contribution in [0.25, 0.3) is 10.1 Å². The Labute approximate surface area is 192 Å². The van der Waals surface area contributed by atoms with Crippen molar-refractivity contribution in [2.45, 2.75) is 13.5 Å². The molecule has 0 unspecified atom stereocenters. The van der Waals surface area contributed by atoms with Crippen LogP contribution >= 0.6 is 22.9 Å². The van der Waals surface area contributed by atoms with Crippen LogP contribution in [0.4, 0.5) is 11.5 Å². The number of amides is 1. The van der Waals surface area contributed by atoms with E-state index in [0.717, 1.165) is 11.1 Å². The molecule has 2 aromatic carbocycles. The van der Waals surface area contributed by atoms with Crippen LogP contribution < -0.4 is 15.8 Å². The molecule has 2 heterocycles. The van der Waals surface area contributed by atoms with Gasteiger partial charge >= 0.3 is 5.97 Å². The number of nitrogens with zero attached hydrogens (tertiary/aromatic N) is 1. The van der Waals surface area contributed by atoms with Crippen molar-refractivity contribution in [2.75, 3.05) is 11.1 Å². The maximum Gasteiger partial charge on any atom is 0.338 e. The number of aryl methyl sites for hydroxylation is 1. The van der Waals surface area contributed by atoms with Gasteiger partial charge < -0.3 is 20.9 Å². The minimum absolute atomic E-state index is 0.0995. The molecule has 9 heteroatoms. The largest absolute Gasteiger partial charge is 0.489 e. The van der Waals surface area contributed by atoms with Gasteiger partial charge in [-0.05, 0) is 54.3 Å². The number of pyridine rings is 1. The lowest BCUT2D eigenvalue weighted by molar-refractivity contribution is 0.0698. The van der Waals surface area contributed by atoms with E-state index in [1.165, 1.54) is 17.5 Å². The van der Waals surface area contributed by atoms with Gasteiger partial charge in [-0.25, -0.2) is 9.78 Å². The van der Waals surface area contributed by atoms with Gasteiger partial charge in [-0.3, -0.25) is 4.79 Å². The molecular formula is C23H18ClN3O4S. The summed E-state index contributed by atoms with van der Waals surface area (Å²) in [5.74, 6) is -0.559. The first-order valence-electron chi connectivity index (χ1n) is 9.51. The van der Waals surface area contributed by atoms with Crippen LogP contribution in [0.2, 0.25) is 5.02 Å². The van der Waals surface area contributed by atoms with Gasteiger partial charge in [0, 0.05) is 33.4 Å². The van der Waals surface area contributed by atoms with Crippen LogP contribution in [0.1, 0.15) is 31.8 Å². The smallest absolute Gasteiger partial charge is 0.338 e. The van der Waals surface area contributed by atoms with E-state index in [1.807, 2.05) is 12.3 Å². The number of carbonyl (C=O) groups excluding carboxylic acids is 1. The number of nitrogens with one attached hydrogen (secondary N) is 1. The molecule has 0 atom stereocenters. The second-order valence-corrected chi connectivity index (χ2v) is 8.37. The number of rotatable bonds is 6. The molecule has 0 bridgehead atoms.